The topological polar surface area (TPSA) is 26.3 Å². The lowest BCUT2D eigenvalue weighted by atomic mass is 10.1. The highest BCUT2D eigenvalue weighted by Crippen LogP contribution is 2.13. The Morgan fingerprint density at radius 3 is 2.40 bits per heavy atom. The van der Waals surface area contributed by atoms with Gasteiger partial charge >= 0.3 is 0 Å². The number of carbonyl (C=O) groups excluding carboxylic acids is 1. The summed E-state index contributed by atoms with van der Waals surface area (Å²) in [6.45, 7) is 0. The summed E-state index contributed by atoms with van der Waals surface area (Å²) in [7, 11) is 1.67. The van der Waals surface area contributed by atoms with Gasteiger partial charge in [0.1, 0.15) is 5.75 Å². The molecule has 20 heavy (non-hydrogen) atoms. The first-order chi connectivity index (χ1) is 9.72. The lowest BCUT2D eigenvalue weighted by Gasteiger charge is -2.00. The number of allylic oxidation sites excluding steroid dienone is 1. The summed E-state index contributed by atoms with van der Waals surface area (Å²) >= 11 is 5.28. The molecule has 0 aromatic heterocycles. The van der Waals surface area contributed by atoms with Crippen LogP contribution in [0.5, 0.6) is 5.75 Å². The Labute approximate surface area is 126 Å². The summed E-state index contributed by atoms with van der Waals surface area (Å²) in [5.74, 6) is 0.887. The molecule has 0 heterocycles. The van der Waals surface area contributed by atoms with Gasteiger partial charge in [-0.2, -0.15) is 0 Å². The van der Waals surface area contributed by atoms with Crippen LogP contribution in [0.25, 0.3) is 6.08 Å². The largest absolute Gasteiger partial charge is 0.497 e. The molecule has 0 aliphatic carbocycles. The molecule has 110 valence electrons. The monoisotopic (exact) mass is 294 g/mol. The molecular weight excluding hydrogens is 272 g/mol. The van der Waals surface area contributed by atoms with E-state index in [1.54, 1.807) is 7.11 Å². The Morgan fingerprint density at radius 1 is 1.10 bits per heavy atom. The number of methoxy groups -OCH3 is 1. The van der Waals surface area contributed by atoms with Gasteiger partial charge in [-0.25, -0.2) is 0 Å². The Kier molecular flexibility index (Phi) is 8.81. The number of benzene rings is 1. The van der Waals surface area contributed by atoms with E-state index in [1.165, 1.54) is 24.8 Å². The van der Waals surface area contributed by atoms with Gasteiger partial charge in [0.05, 0.1) is 7.11 Å². The van der Waals surface area contributed by atoms with Gasteiger partial charge in [0.15, 0.2) is 0 Å². The van der Waals surface area contributed by atoms with E-state index in [0.29, 0.717) is 6.42 Å². The van der Waals surface area contributed by atoms with Gasteiger partial charge < -0.3 is 4.74 Å². The molecule has 0 amide bonds. The zero-order valence-electron chi connectivity index (χ0n) is 12.1. The highest BCUT2D eigenvalue weighted by molar-refractivity contribution is 6.63. The SMILES string of the molecule is COc1ccc(/C=C/CCCCCCCC(=O)Cl)cc1. The van der Waals surface area contributed by atoms with Crippen molar-refractivity contribution >= 4 is 22.9 Å². The van der Waals surface area contributed by atoms with E-state index in [-0.39, 0.29) is 5.24 Å². The minimum Gasteiger partial charge on any atom is -0.497 e. The van der Waals surface area contributed by atoms with Crippen molar-refractivity contribution in [3.05, 3.63) is 35.9 Å². The average molecular weight is 295 g/mol. The Morgan fingerprint density at radius 2 is 1.75 bits per heavy atom. The molecule has 0 saturated heterocycles. The molecule has 0 aliphatic rings. The van der Waals surface area contributed by atoms with Crippen LogP contribution in [0.4, 0.5) is 0 Å². The zero-order chi connectivity index (χ0) is 14.6. The lowest BCUT2D eigenvalue weighted by Crippen LogP contribution is -1.86. The van der Waals surface area contributed by atoms with E-state index in [0.717, 1.165) is 25.0 Å². The third-order valence-corrected chi connectivity index (χ3v) is 3.36. The summed E-state index contributed by atoms with van der Waals surface area (Å²) in [5, 5.41) is -0.215. The normalized spacial score (nSPS) is 10.9. The minimum atomic E-state index is -0.215. The fourth-order valence-electron chi connectivity index (χ4n) is 1.99. The van der Waals surface area contributed by atoms with Crippen LogP contribution >= 0.6 is 11.6 Å². The van der Waals surface area contributed by atoms with Crippen LogP contribution in [-0.2, 0) is 4.79 Å². The summed E-state index contributed by atoms with van der Waals surface area (Å²) in [5.41, 5.74) is 1.20. The van der Waals surface area contributed by atoms with Crippen molar-refractivity contribution in [2.45, 2.75) is 44.9 Å². The number of hydrogen-bond acceptors (Lipinski definition) is 2. The quantitative estimate of drug-likeness (QED) is 0.438. The predicted octanol–water partition coefficient (Wildman–Crippen LogP) is 5.20. The third kappa shape index (κ3) is 8.00. The van der Waals surface area contributed by atoms with Gasteiger partial charge in [-0.05, 0) is 48.6 Å². The van der Waals surface area contributed by atoms with E-state index >= 15 is 0 Å². The fraction of sp³-hybridized carbons (Fsp3) is 0.471. The Balaban J connectivity index is 2.05. The average Bonchev–Trinajstić information content (AvgIpc) is 2.46. The second kappa shape index (κ2) is 10.5. The number of hydrogen-bond donors (Lipinski definition) is 0. The lowest BCUT2D eigenvalue weighted by molar-refractivity contribution is -0.111. The van der Waals surface area contributed by atoms with Crippen molar-refractivity contribution < 1.29 is 9.53 Å². The van der Waals surface area contributed by atoms with Crippen LogP contribution in [-0.4, -0.2) is 12.4 Å². The number of rotatable bonds is 10. The first-order valence-electron chi connectivity index (χ1n) is 7.21. The molecule has 0 fully saturated rings. The Bertz CT molecular complexity index is 410. The molecule has 0 aliphatic heterocycles. The fourth-order valence-corrected chi connectivity index (χ4v) is 2.12. The minimum absolute atomic E-state index is 0.215. The second-order valence-electron chi connectivity index (χ2n) is 4.84. The molecule has 0 bridgehead atoms. The van der Waals surface area contributed by atoms with Crippen molar-refractivity contribution in [2.75, 3.05) is 7.11 Å². The maximum absolute atomic E-state index is 10.5. The van der Waals surface area contributed by atoms with E-state index in [9.17, 15) is 4.79 Å². The van der Waals surface area contributed by atoms with Crippen LogP contribution in [0.2, 0.25) is 0 Å². The summed E-state index contributed by atoms with van der Waals surface area (Å²) in [4.78, 5) is 10.5. The first-order valence-corrected chi connectivity index (χ1v) is 7.59. The number of ether oxygens (including phenoxy) is 1. The summed E-state index contributed by atoms with van der Waals surface area (Å²) in [6.07, 6.45) is 11.6. The van der Waals surface area contributed by atoms with Crippen molar-refractivity contribution in [2.24, 2.45) is 0 Å². The number of unbranched alkanes of at least 4 members (excludes halogenated alkanes) is 5. The van der Waals surface area contributed by atoms with Crippen LogP contribution in [0.1, 0.15) is 50.5 Å². The predicted molar refractivity (Wildman–Crippen MR) is 85.2 cm³/mol. The summed E-state index contributed by atoms with van der Waals surface area (Å²) < 4.78 is 5.12. The van der Waals surface area contributed by atoms with Gasteiger partial charge in [0, 0.05) is 6.42 Å². The molecule has 0 atom stereocenters. The summed E-state index contributed by atoms with van der Waals surface area (Å²) in [6, 6.07) is 8.05. The maximum Gasteiger partial charge on any atom is 0.221 e. The second-order valence-corrected chi connectivity index (χ2v) is 5.26. The van der Waals surface area contributed by atoms with E-state index in [1.807, 2.05) is 12.1 Å². The Hall–Kier alpha value is -1.28. The van der Waals surface area contributed by atoms with Gasteiger partial charge in [0.2, 0.25) is 5.24 Å². The molecule has 0 N–H and O–H groups in total. The molecule has 0 spiro atoms. The molecule has 0 saturated carbocycles. The molecule has 0 radical (unpaired) electrons. The smallest absolute Gasteiger partial charge is 0.221 e. The number of carbonyl (C=O) groups is 1. The van der Waals surface area contributed by atoms with Crippen molar-refractivity contribution in [1.82, 2.24) is 0 Å². The van der Waals surface area contributed by atoms with Gasteiger partial charge in [-0.15, -0.1) is 0 Å². The third-order valence-electron chi connectivity index (χ3n) is 3.17. The molecular formula is C17H23ClO2. The molecule has 3 heteroatoms. The van der Waals surface area contributed by atoms with Crippen LogP contribution < -0.4 is 4.74 Å². The van der Waals surface area contributed by atoms with Gasteiger partial charge in [0.25, 0.3) is 0 Å². The molecule has 2 nitrogen and oxygen atoms in total. The molecule has 1 aromatic carbocycles. The number of halogens is 1. The van der Waals surface area contributed by atoms with Crippen molar-refractivity contribution in [3.63, 3.8) is 0 Å². The maximum atomic E-state index is 10.5. The van der Waals surface area contributed by atoms with Crippen LogP contribution in [0.15, 0.2) is 30.3 Å². The van der Waals surface area contributed by atoms with E-state index in [2.05, 4.69) is 24.3 Å². The van der Waals surface area contributed by atoms with Crippen LogP contribution in [0, 0.1) is 0 Å². The highest BCUT2D eigenvalue weighted by Gasteiger charge is 1.95. The van der Waals surface area contributed by atoms with E-state index < -0.39 is 0 Å². The van der Waals surface area contributed by atoms with Crippen LogP contribution in [0.3, 0.4) is 0 Å². The van der Waals surface area contributed by atoms with E-state index in [4.69, 9.17) is 16.3 Å². The standard InChI is InChI=1S/C17H23ClO2/c1-20-16-13-11-15(12-14-16)9-7-5-3-2-4-6-8-10-17(18)19/h7,9,11-14H,2-6,8,10H2,1H3/b9-7+. The first kappa shape index (κ1) is 16.8. The van der Waals surface area contributed by atoms with Gasteiger partial charge in [-0.1, -0.05) is 43.5 Å². The highest BCUT2D eigenvalue weighted by atomic mass is 35.5. The van der Waals surface area contributed by atoms with Crippen molar-refractivity contribution in [3.8, 4) is 5.75 Å². The molecule has 1 aromatic rings. The molecule has 0 unspecified atom stereocenters. The molecule has 1 rings (SSSR count). The zero-order valence-corrected chi connectivity index (χ0v) is 12.9. The van der Waals surface area contributed by atoms with Gasteiger partial charge in [-0.3, -0.25) is 4.79 Å². The van der Waals surface area contributed by atoms with Crippen molar-refractivity contribution in [1.29, 1.82) is 0 Å².